The van der Waals surface area contributed by atoms with Gasteiger partial charge in [0, 0.05) is 6.04 Å². The van der Waals surface area contributed by atoms with E-state index in [2.05, 4.69) is 17.0 Å². The largest absolute Gasteiger partial charge is 0.467 e. The van der Waals surface area contributed by atoms with Gasteiger partial charge in [-0.1, -0.05) is 13.3 Å². The third-order valence-corrected chi connectivity index (χ3v) is 2.95. The average Bonchev–Trinajstić information content (AvgIpc) is 2.27. The summed E-state index contributed by atoms with van der Waals surface area (Å²) < 4.78 is 4.51. The Morgan fingerprint density at radius 2 is 2.43 bits per heavy atom. The molecule has 0 aromatic heterocycles. The number of nitrogens with one attached hydrogen (secondary N) is 1. The molecular weight excluding hydrogens is 182 g/mol. The van der Waals surface area contributed by atoms with Gasteiger partial charge in [0.05, 0.1) is 7.11 Å². The topological polar surface area (TPSA) is 58.6 Å². The first kappa shape index (κ1) is 11.5. The molecule has 1 aliphatic heterocycles. The molecule has 0 aromatic rings. The number of methoxy groups -OCH3 is 1. The number of hydrogen-bond donors (Lipinski definition) is 2. The Hall–Kier alpha value is -0.610. The number of aliphatic hydroxyl groups excluding tert-OH is 1. The highest BCUT2D eigenvalue weighted by Gasteiger charge is 2.30. The van der Waals surface area contributed by atoms with Crippen LogP contribution in [-0.2, 0) is 9.53 Å². The van der Waals surface area contributed by atoms with Gasteiger partial charge in [0.25, 0.3) is 0 Å². The van der Waals surface area contributed by atoms with E-state index in [9.17, 15) is 9.90 Å². The molecule has 0 aliphatic carbocycles. The van der Waals surface area contributed by atoms with Gasteiger partial charge in [-0.2, -0.15) is 0 Å². The Bertz CT molecular complexity index is 196. The Labute approximate surface area is 84.6 Å². The van der Waals surface area contributed by atoms with Crippen LogP contribution in [0, 0.1) is 5.92 Å². The Kier molecular flexibility index (Phi) is 4.35. The molecule has 3 unspecified atom stereocenters. The van der Waals surface area contributed by atoms with E-state index in [1.54, 1.807) is 0 Å². The highest BCUT2D eigenvalue weighted by Crippen LogP contribution is 2.21. The normalized spacial score (nSPS) is 29.6. The smallest absolute Gasteiger partial charge is 0.336 e. The summed E-state index contributed by atoms with van der Waals surface area (Å²) in [6.45, 7) is 3.01. The van der Waals surface area contributed by atoms with Gasteiger partial charge >= 0.3 is 5.97 Å². The third-order valence-electron chi connectivity index (χ3n) is 2.95. The zero-order valence-electron chi connectivity index (χ0n) is 8.82. The fourth-order valence-corrected chi connectivity index (χ4v) is 1.93. The number of esters is 1. The van der Waals surface area contributed by atoms with Crippen LogP contribution >= 0.6 is 0 Å². The van der Waals surface area contributed by atoms with Crippen LogP contribution in [0.2, 0.25) is 0 Å². The summed E-state index contributed by atoms with van der Waals surface area (Å²) in [6, 6.07) is -0.138. The van der Waals surface area contributed by atoms with Crippen molar-refractivity contribution in [3.05, 3.63) is 0 Å². The first-order valence-corrected chi connectivity index (χ1v) is 5.18. The molecule has 14 heavy (non-hydrogen) atoms. The summed E-state index contributed by atoms with van der Waals surface area (Å²) in [6.07, 6.45) is 2.06. The molecule has 1 heterocycles. The van der Waals surface area contributed by atoms with Crippen LogP contribution in [0.1, 0.15) is 26.2 Å². The van der Waals surface area contributed by atoms with Crippen molar-refractivity contribution in [2.24, 2.45) is 5.92 Å². The molecule has 1 rings (SSSR count). The minimum Gasteiger partial charge on any atom is -0.467 e. The molecule has 1 aliphatic rings. The van der Waals surface area contributed by atoms with Gasteiger partial charge in [0.2, 0.25) is 0 Å². The fraction of sp³-hybridized carbons (Fsp3) is 0.900. The van der Waals surface area contributed by atoms with Crippen LogP contribution in [-0.4, -0.2) is 36.9 Å². The third kappa shape index (κ3) is 2.69. The maximum absolute atomic E-state index is 11.1. The first-order chi connectivity index (χ1) is 6.69. The molecule has 0 amide bonds. The molecule has 4 heteroatoms. The predicted octanol–water partition coefficient (Wildman–Crippen LogP) is 0.299. The summed E-state index contributed by atoms with van der Waals surface area (Å²) in [4.78, 5) is 11.1. The lowest BCUT2D eigenvalue weighted by atomic mass is 9.88. The number of carbonyl (C=O) groups is 1. The standard InChI is InChI=1S/C10H19NO3/c1-3-7-4-5-11-8(6-7)9(12)10(13)14-2/h7-9,11-12H,3-6H2,1-2H3. The van der Waals surface area contributed by atoms with Crippen LogP contribution in [0.3, 0.4) is 0 Å². The zero-order valence-corrected chi connectivity index (χ0v) is 8.82. The molecule has 0 aromatic carbocycles. The molecular formula is C10H19NO3. The van der Waals surface area contributed by atoms with E-state index in [1.807, 2.05) is 0 Å². The molecule has 2 N–H and O–H groups in total. The summed E-state index contributed by atoms with van der Waals surface area (Å²) in [5.74, 6) is 0.0693. The van der Waals surface area contributed by atoms with Crippen LogP contribution in [0.5, 0.6) is 0 Å². The van der Waals surface area contributed by atoms with Gasteiger partial charge in [-0.15, -0.1) is 0 Å². The monoisotopic (exact) mass is 201 g/mol. The average molecular weight is 201 g/mol. The Morgan fingerprint density at radius 3 is 3.00 bits per heavy atom. The van der Waals surface area contributed by atoms with Crippen LogP contribution < -0.4 is 5.32 Å². The highest BCUT2D eigenvalue weighted by molar-refractivity contribution is 5.75. The van der Waals surface area contributed by atoms with E-state index in [0.29, 0.717) is 5.92 Å². The lowest BCUT2D eigenvalue weighted by Crippen LogP contribution is -2.49. The molecule has 0 bridgehead atoms. The van der Waals surface area contributed by atoms with E-state index in [1.165, 1.54) is 7.11 Å². The Balaban J connectivity index is 2.46. The predicted molar refractivity (Wildman–Crippen MR) is 52.8 cm³/mol. The van der Waals surface area contributed by atoms with Crippen molar-refractivity contribution < 1.29 is 14.6 Å². The number of piperidine rings is 1. The lowest BCUT2D eigenvalue weighted by Gasteiger charge is -2.31. The number of hydrogen-bond acceptors (Lipinski definition) is 4. The molecule has 82 valence electrons. The minimum atomic E-state index is -1.02. The number of aliphatic hydroxyl groups is 1. The van der Waals surface area contributed by atoms with Gasteiger partial charge in [-0.05, 0) is 25.3 Å². The van der Waals surface area contributed by atoms with Gasteiger partial charge in [-0.3, -0.25) is 0 Å². The van der Waals surface area contributed by atoms with E-state index in [0.717, 1.165) is 25.8 Å². The molecule has 0 spiro atoms. The summed E-state index contributed by atoms with van der Waals surface area (Å²) in [7, 11) is 1.30. The van der Waals surface area contributed by atoms with Gasteiger partial charge in [0.15, 0.2) is 6.10 Å². The van der Waals surface area contributed by atoms with Crippen molar-refractivity contribution in [2.45, 2.75) is 38.3 Å². The molecule has 0 saturated carbocycles. The minimum absolute atomic E-state index is 0.138. The number of carbonyl (C=O) groups excluding carboxylic acids is 1. The van der Waals surface area contributed by atoms with Crippen LogP contribution in [0.4, 0.5) is 0 Å². The molecule has 1 fully saturated rings. The molecule has 1 saturated heterocycles. The maximum atomic E-state index is 11.1. The van der Waals surface area contributed by atoms with Crippen LogP contribution in [0.15, 0.2) is 0 Å². The van der Waals surface area contributed by atoms with E-state index in [-0.39, 0.29) is 6.04 Å². The second kappa shape index (κ2) is 5.32. The van der Waals surface area contributed by atoms with Crippen molar-refractivity contribution in [1.82, 2.24) is 5.32 Å². The Morgan fingerprint density at radius 1 is 1.71 bits per heavy atom. The quantitative estimate of drug-likeness (QED) is 0.645. The first-order valence-electron chi connectivity index (χ1n) is 5.18. The van der Waals surface area contributed by atoms with Crippen molar-refractivity contribution in [2.75, 3.05) is 13.7 Å². The SMILES string of the molecule is CCC1CCNC(C(O)C(=O)OC)C1. The number of ether oxygens (including phenoxy) is 1. The molecule has 3 atom stereocenters. The second-order valence-electron chi connectivity index (χ2n) is 3.83. The van der Waals surface area contributed by atoms with Crippen molar-refractivity contribution in [1.29, 1.82) is 0 Å². The fourth-order valence-electron chi connectivity index (χ4n) is 1.93. The highest BCUT2D eigenvalue weighted by atomic mass is 16.5. The summed E-state index contributed by atoms with van der Waals surface area (Å²) in [5, 5.41) is 12.8. The van der Waals surface area contributed by atoms with Gasteiger partial charge in [-0.25, -0.2) is 4.79 Å². The van der Waals surface area contributed by atoms with Gasteiger partial charge < -0.3 is 15.2 Å². The van der Waals surface area contributed by atoms with E-state index < -0.39 is 12.1 Å². The van der Waals surface area contributed by atoms with Gasteiger partial charge in [0.1, 0.15) is 0 Å². The molecule has 0 radical (unpaired) electrons. The van der Waals surface area contributed by atoms with E-state index >= 15 is 0 Å². The zero-order chi connectivity index (χ0) is 10.6. The summed E-state index contributed by atoms with van der Waals surface area (Å²) >= 11 is 0. The molecule has 4 nitrogen and oxygen atoms in total. The number of rotatable bonds is 3. The van der Waals surface area contributed by atoms with E-state index in [4.69, 9.17) is 0 Å². The summed E-state index contributed by atoms with van der Waals surface area (Å²) in [5.41, 5.74) is 0. The maximum Gasteiger partial charge on any atom is 0.336 e. The van der Waals surface area contributed by atoms with Crippen molar-refractivity contribution in [3.8, 4) is 0 Å². The van der Waals surface area contributed by atoms with Crippen molar-refractivity contribution >= 4 is 5.97 Å². The second-order valence-corrected chi connectivity index (χ2v) is 3.83. The van der Waals surface area contributed by atoms with Crippen LogP contribution in [0.25, 0.3) is 0 Å². The lowest BCUT2D eigenvalue weighted by molar-refractivity contribution is -0.152. The van der Waals surface area contributed by atoms with Crippen molar-refractivity contribution in [3.63, 3.8) is 0 Å².